The smallest absolute Gasteiger partial charge is 0.145 e. The van der Waals surface area contributed by atoms with E-state index < -0.39 is 5.41 Å². The maximum absolute atomic E-state index is 6.72. The number of thiophene rings is 1. The van der Waals surface area contributed by atoms with Crippen molar-refractivity contribution in [1.82, 2.24) is 0 Å². The Bertz CT molecular complexity index is 3680. The van der Waals surface area contributed by atoms with Crippen molar-refractivity contribution in [1.29, 1.82) is 0 Å². The van der Waals surface area contributed by atoms with Crippen LogP contribution in [0, 0.1) is 0 Å². The summed E-state index contributed by atoms with van der Waals surface area (Å²) in [5, 5.41) is 4.75. The largest absolute Gasteiger partial charge is 0.455 e. The summed E-state index contributed by atoms with van der Waals surface area (Å²) in [4.78, 5) is 2.39. The van der Waals surface area contributed by atoms with Crippen molar-refractivity contribution < 1.29 is 4.42 Å². The number of hydrogen-bond acceptors (Lipinski definition) is 3. The van der Waals surface area contributed by atoms with E-state index in [0.717, 1.165) is 39.2 Å². The third-order valence-electron chi connectivity index (χ3n) is 13.3. The third-order valence-corrected chi connectivity index (χ3v) is 14.5. The fourth-order valence-corrected chi connectivity index (χ4v) is 11.7. The van der Waals surface area contributed by atoms with E-state index in [0.29, 0.717) is 0 Å². The molecule has 0 amide bonds. The summed E-state index contributed by atoms with van der Waals surface area (Å²) < 4.78 is 9.22. The van der Waals surface area contributed by atoms with Gasteiger partial charge >= 0.3 is 0 Å². The monoisotopic (exact) mass is 833 g/mol. The Labute approximate surface area is 375 Å². The molecule has 0 N–H and O–H groups in total. The highest BCUT2D eigenvalue weighted by molar-refractivity contribution is 7.26. The molecule has 0 atom stereocenters. The maximum Gasteiger partial charge on any atom is 0.145 e. The van der Waals surface area contributed by atoms with Crippen LogP contribution >= 0.6 is 11.3 Å². The first kappa shape index (κ1) is 36.7. The summed E-state index contributed by atoms with van der Waals surface area (Å²) in [6, 6.07) is 86.4. The lowest BCUT2D eigenvalue weighted by Gasteiger charge is -2.35. The molecule has 300 valence electrons. The van der Waals surface area contributed by atoms with Gasteiger partial charge in [-0.2, -0.15) is 0 Å². The molecule has 0 fully saturated rings. The normalized spacial score (nSPS) is 12.8. The van der Waals surface area contributed by atoms with Gasteiger partial charge in [0.25, 0.3) is 0 Å². The van der Waals surface area contributed by atoms with Crippen LogP contribution < -0.4 is 4.90 Å². The van der Waals surface area contributed by atoms with Crippen LogP contribution in [-0.2, 0) is 5.41 Å². The van der Waals surface area contributed by atoms with Crippen LogP contribution in [0.5, 0.6) is 0 Å². The van der Waals surface area contributed by atoms with Gasteiger partial charge in [0.05, 0.1) is 5.41 Å². The molecule has 0 unspecified atom stereocenters. The number of furan rings is 1. The molecule has 0 spiro atoms. The van der Waals surface area contributed by atoms with E-state index in [1.54, 1.807) is 0 Å². The van der Waals surface area contributed by atoms with Crippen LogP contribution in [0.3, 0.4) is 0 Å². The molecule has 3 heteroatoms. The van der Waals surface area contributed by atoms with Gasteiger partial charge in [-0.3, -0.25) is 0 Å². The number of para-hydroxylation sites is 2. The topological polar surface area (TPSA) is 16.4 Å². The lowest BCUT2D eigenvalue weighted by atomic mass is 9.67. The van der Waals surface area contributed by atoms with Gasteiger partial charge in [0, 0.05) is 48.0 Å². The average molecular weight is 834 g/mol. The molecule has 1 aliphatic carbocycles. The molecular formula is C61H39NOS. The second-order valence-corrected chi connectivity index (χ2v) is 17.8. The van der Waals surface area contributed by atoms with E-state index in [1.165, 1.54) is 75.6 Å². The van der Waals surface area contributed by atoms with Crippen LogP contribution in [0.4, 0.5) is 17.1 Å². The Hall–Kier alpha value is -7.98. The summed E-state index contributed by atoms with van der Waals surface area (Å²) in [6.45, 7) is 0. The molecule has 64 heavy (non-hydrogen) atoms. The number of rotatable bonds is 7. The molecule has 0 aliphatic heterocycles. The second kappa shape index (κ2) is 14.6. The fraction of sp³-hybridized carbons (Fsp3) is 0.0164. The van der Waals surface area contributed by atoms with Crippen molar-refractivity contribution in [3.8, 4) is 33.4 Å². The number of anilines is 3. The number of nitrogens with zero attached hydrogens (tertiary/aromatic N) is 1. The molecule has 12 aromatic rings. The zero-order chi connectivity index (χ0) is 42.2. The number of fused-ring (bicyclic) bond motifs is 10. The molecule has 0 saturated heterocycles. The van der Waals surface area contributed by atoms with Crippen LogP contribution in [0.1, 0.15) is 22.3 Å². The van der Waals surface area contributed by atoms with Gasteiger partial charge in [0.1, 0.15) is 11.2 Å². The van der Waals surface area contributed by atoms with Crippen molar-refractivity contribution in [2.45, 2.75) is 5.41 Å². The predicted octanol–water partition coefficient (Wildman–Crippen LogP) is 17.1. The van der Waals surface area contributed by atoms with Gasteiger partial charge < -0.3 is 9.32 Å². The molecule has 2 heterocycles. The standard InChI is InChI=1S/C61H39NOS/c1-4-19-43(20-5-1)61(44-21-6-2-7-22-44)53-28-13-10-25-48(53)49-36-35-47(38-54(49)61)62(45-23-8-3-9-24-45)46-33-31-40(32-34-46)41-17-16-18-42(37-41)52-39-57-59(51-27-12-15-30-56(51)64-57)60-58(52)50-26-11-14-29-55(50)63-60/h1-39H. The Morgan fingerprint density at radius 3 is 1.75 bits per heavy atom. The molecule has 0 bridgehead atoms. The van der Waals surface area contributed by atoms with E-state index in [4.69, 9.17) is 4.42 Å². The zero-order valence-corrected chi connectivity index (χ0v) is 35.6. The summed E-state index contributed by atoms with van der Waals surface area (Å²) >= 11 is 1.83. The van der Waals surface area contributed by atoms with Gasteiger partial charge in [0.2, 0.25) is 0 Å². The van der Waals surface area contributed by atoms with Crippen molar-refractivity contribution in [2.75, 3.05) is 4.90 Å². The Kier molecular flexibility index (Phi) is 8.34. The first-order valence-electron chi connectivity index (χ1n) is 21.9. The predicted molar refractivity (Wildman–Crippen MR) is 269 cm³/mol. The average Bonchev–Trinajstić information content (AvgIpc) is 4.03. The lowest BCUT2D eigenvalue weighted by molar-refractivity contribution is 0.673. The molecule has 2 nitrogen and oxygen atoms in total. The van der Waals surface area contributed by atoms with Crippen LogP contribution in [0.25, 0.3) is 75.5 Å². The zero-order valence-electron chi connectivity index (χ0n) is 34.8. The first-order valence-corrected chi connectivity index (χ1v) is 22.7. The molecule has 2 aromatic heterocycles. The molecule has 13 rings (SSSR count). The van der Waals surface area contributed by atoms with E-state index >= 15 is 0 Å². The Balaban J connectivity index is 0.940. The van der Waals surface area contributed by atoms with Crippen molar-refractivity contribution in [2.24, 2.45) is 0 Å². The third kappa shape index (κ3) is 5.51. The van der Waals surface area contributed by atoms with Crippen LogP contribution in [0.2, 0.25) is 0 Å². The number of benzene rings is 10. The quantitative estimate of drug-likeness (QED) is 0.159. The van der Waals surface area contributed by atoms with Gasteiger partial charge in [0.15, 0.2) is 0 Å². The minimum atomic E-state index is -0.489. The van der Waals surface area contributed by atoms with E-state index in [9.17, 15) is 0 Å². The highest BCUT2D eigenvalue weighted by atomic mass is 32.1. The summed E-state index contributed by atoms with van der Waals surface area (Å²) in [7, 11) is 0. The summed E-state index contributed by atoms with van der Waals surface area (Å²) in [6.07, 6.45) is 0. The molecule has 0 saturated carbocycles. The van der Waals surface area contributed by atoms with E-state index in [2.05, 4.69) is 241 Å². The minimum Gasteiger partial charge on any atom is -0.455 e. The van der Waals surface area contributed by atoms with Gasteiger partial charge in [-0.05, 0) is 116 Å². The van der Waals surface area contributed by atoms with Crippen LogP contribution in [-0.4, -0.2) is 0 Å². The van der Waals surface area contributed by atoms with Crippen LogP contribution in [0.15, 0.2) is 241 Å². The minimum absolute atomic E-state index is 0.489. The highest BCUT2D eigenvalue weighted by Crippen LogP contribution is 2.57. The SMILES string of the molecule is c1ccc(N(c2ccc(-c3cccc(-c4cc5sc6ccccc6c5c5oc6ccccc6c45)c3)cc2)c2ccc3c(c2)C(c2ccccc2)(c2ccccc2)c2ccccc2-3)cc1. The Morgan fingerprint density at radius 1 is 0.359 bits per heavy atom. The van der Waals surface area contributed by atoms with Gasteiger partial charge in [-0.1, -0.05) is 176 Å². The van der Waals surface area contributed by atoms with E-state index in [1.807, 2.05) is 11.3 Å². The maximum atomic E-state index is 6.72. The molecular weight excluding hydrogens is 795 g/mol. The fourth-order valence-electron chi connectivity index (χ4n) is 10.6. The van der Waals surface area contributed by atoms with Gasteiger partial charge in [-0.25, -0.2) is 0 Å². The summed E-state index contributed by atoms with van der Waals surface area (Å²) in [5.74, 6) is 0. The second-order valence-electron chi connectivity index (χ2n) is 16.8. The molecule has 1 aliphatic rings. The van der Waals surface area contributed by atoms with Gasteiger partial charge in [-0.15, -0.1) is 11.3 Å². The highest BCUT2D eigenvalue weighted by Gasteiger charge is 2.46. The van der Waals surface area contributed by atoms with E-state index in [-0.39, 0.29) is 0 Å². The first-order chi connectivity index (χ1) is 31.7. The van der Waals surface area contributed by atoms with Crippen molar-refractivity contribution >= 4 is 70.5 Å². The lowest BCUT2D eigenvalue weighted by Crippen LogP contribution is -2.28. The summed E-state index contributed by atoms with van der Waals surface area (Å²) in [5.41, 5.74) is 17.0. The molecule has 0 radical (unpaired) electrons. The van der Waals surface area contributed by atoms with Crippen molar-refractivity contribution in [3.63, 3.8) is 0 Å². The molecule has 10 aromatic carbocycles. The number of hydrogen-bond donors (Lipinski definition) is 0. The van der Waals surface area contributed by atoms with Crippen molar-refractivity contribution in [3.05, 3.63) is 259 Å². The Morgan fingerprint density at radius 2 is 0.969 bits per heavy atom.